The Morgan fingerprint density at radius 2 is 1.82 bits per heavy atom. The molecule has 0 fully saturated rings. The summed E-state index contributed by atoms with van der Waals surface area (Å²) in [5.74, 6) is -1.37. The first-order valence-corrected chi connectivity index (χ1v) is 10.1. The van der Waals surface area contributed by atoms with Crippen molar-refractivity contribution in [2.24, 2.45) is 0 Å². The van der Waals surface area contributed by atoms with Crippen molar-refractivity contribution in [3.8, 4) is 0 Å². The Hall–Kier alpha value is -2.97. The van der Waals surface area contributed by atoms with Crippen LogP contribution in [-0.2, 0) is 24.3 Å². The molecule has 0 aromatic heterocycles. The molecule has 0 spiro atoms. The maximum atomic E-state index is 12.1. The van der Waals surface area contributed by atoms with E-state index in [0.29, 0.717) is 11.3 Å². The summed E-state index contributed by atoms with van der Waals surface area (Å²) in [7, 11) is -3.82. The van der Waals surface area contributed by atoms with E-state index in [1.165, 1.54) is 13.0 Å². The topological polar surface area (TPSA) is 102 Å². The van der Waals surface area contributed by atoms with Gasteiger partial charge in [0.15, 0.2) is 6.10 Å². The second-order valence-electron chi connectivity index (χ2n) is 6.07. The van der Waals surface area contributed by atoms with E-state index < -0.39 is 34.5 Å². The van der Waals surface area contributed by atoms with Gasteiger partial charge in [-0.3, -0.25) is 9.59 Å². The number of ether oxygens (including phenoxy) is 1. The number of amides is 1. The van der Waals surface area contributed by atoms with Crippen LogP contribution in [0.25, 0.3) is 6.08 Å². The lowest BCUT2D eigenvalue weighted by Crippen LogP contribution is -2.35. The van der Waals surface area contributed by atoms with E-state index in [-0.39, 0.29) is 0 Å². The van der Waals surface area contributed by atoms with Gasteiger partial charge in [0.05, 0.1) is 0 Å². The number of anilines is 1. The molecule has 0 bridgehead atoms. The number of carbonyl (C=O) groups excluding carboxylic acids is 2. The average molecular weight is 402 g/mol. The summed E-state index contributed by atoms with van der Waals surface area (Å²) in [6, 6.07) is 16.0. The molecule has 0 heterocycles. The van der Waals surface area contributed by atoms with Crippen molar-refractivity contribution in [2.45, 2.75) is 20.0 Å². The zero-order valence-electron chi connectivity index (χ0n) is 15.6. The quantitative estimate of drug-likeness (QED) is 0.661. The lowest BCUT2D eigenvalue weighted by Gasteiger charge is -2.14. The third-order valence-electron chi connectivity index (χ3n) is 3.62. The van der Waals surface area contributed by atoms with Crippen molar-refractivity contribution in [2.75, 3.05) is 11.9 Å². The van der Waals surface area contributed by atoms with Gasteiger partial charge >= 0.3 is 5.97 Å². The molecule has 8 heteroatoms. The van der Waals surface area contributed by atoms with E-state index in [4.69, 9.17) is 4.74 Å². The average Bonchev–Trinajstić information content (AvgIpc) is 2.66. The molecule has 0 saturated carbocycles. The molecule has 2 aromatic rings. The maximum Gasteiger partial charge on any atom is 0.321 e. The van der Waals surface area contributed by atoms with Crippen molar-refractivity contribution in [3.05, 3.63) is 71.1 Å². The van der Waals surface area contributed by atoms with Crippen LogP contribution in [0.5, 0.6) is 0 Å². The highest BCUT2D eigenvalue weighted by molar-refractivity contribution is 7.92. The summed E-state index contributed by atoms with van der Waals surface area (Å²) < 4.78 is 30.9. The molecule has 148 valence electrons. The fourth-order valence-electron chi connectivity index (χ4n) is 2.20. The molecule has 2 rings (SSSR count). The molecular weight excluding hydrogens is 380 g/mol. The standard InChI is InChI=1S/C20H22N2O5S/c1-15-7-6-10-18(13-15)22-20(24)16(2)27-19(23)14-21-28(25,26)12-11-17-8-4-3-5-9-17/h3-13,16,21H,14H2,1-2H3,(H,22,24)/b12-11+. The normalized spacial score (nSPS) is 12.5. The van der Waals surface area contributed by atoms with Gasteiger partial charge in [-0.1, -0.05) is 42.5 Å². The highest BCUT2D eigenvalue weighted by Gasteiger charge is 2.19. The van der Waals surface area contributed by atoms with Crippen molar-refractivity contribution in [1.82, 2.24) is 4.72 Å². The minimum Gasteiger partial charge on any atom is -0.452 e. The number of hydrogen-bond acceptors (Lipinski definition) is 5. The largest absolute Gasteiger partial charge is 0.452 e. The van der Waals surface area contributed by atoms with Crippen LogP contribution in [0.1, 0.15) is 18.1 Å². The fourth-order valence-corrected chi connectivity index (χ4v) is 2.95. The van der Waals surface area contributed by atoms with Gasteiger partial charge in [-0.15, -0.1) is 0 Å². The van der Waals surface area contributed by atoms with E-state index in [1.54, 1.807) is 42.5 Å². The summed E-state index contributed by atoms with van der Waals surface area (Å²) in [5.41, 5.74) is 2.26. The van der Waals surface area contributed by atoms with Gasteiger partial charge < -0.3 is 10.1 Å². The Morgan fingerprint density at radius 1 is 1.11 bits per heavy atom. The van der Waals surface area contributed by atoms with Gasteiger partial charge in [0, 0.05) is 11.1 Å². The Morgan fingerprint density at radius 3 is 2.50 bits per heavy atom. The summed E-state index contributed by atoms with van der Waals surface area (Å²) in [4.78, 5) is 23.9. The molecule has 1 unspecified atom stereocenters. The van der Waals surface area contributed by atoms with Gasteiger partial charge in [0.2, 0.25) is 10.0 Å². The van der Waals surface area contributed by atoms with Crippen LogP contribution >= 0.6 is 0 Å². The zero-order chi connectivity index (χ0) is 20.6. The van der Waals surface area contributed by atoms with Crippen molar-refractivity contribution in [1.29, 1.82) is 0 Å². The van der Waals surface area contributed by atoms with E-state index >= 15 is 0 Å². The summed E-state index contributed by atoms with van der Waals surface area (Å²) in [6.45, 7) is 2.72. The van der Waals surface area contributed by atoms with Crippen LogP contribution < -0.4 is 10.0 Å². The lowest BCUT2D eigenvalue weighted by molar-refractivity contribution is -0.151. The number of aryl methyl sites for hydroxylation is 1. The Balaban J connectivity index is 1.82. The van der Waals surface area contributed by atoms with Gasteiger partial charge in [-0.2, -0.15) is 0 Å². The van der Waals surface area contributed by atoms with Crippen LogP contribution in [0.3, 0.4) is 0 Å². The number of hydrogen-bond donors (Lipinski definition) is 2. The van der Waals surface area contributed by atoms with Gasteiger partial charge in [0.1, 0.15) is 6.54 Å². The van der Waals surface area contributed by atoms with E-state index in [9.17, 15) is 18.0 Å². The van der Waals surface area contributed by atoms with Crippen molar-refractivity contribution in [3.63, 3.8) is 0 Å². The van der Waals surface area contributed by atoms with Crippen LogP contribution in [0.2, 0.25) is 0 Å². The predicted octanol–water partition coefficient (Wildman–Crippen LogP) is 2.46. The molecule has 0 radical (unpaired) electrons. The summed E-state index contributed by atoms with van der Waals surface area (Å²) >= 11 is 0. The van der Waals surface area contributed by atoms with E-state index in [2.05, 4.69) is 10.0 Å². The minimum atomic E-state index is -3.82. The third-order valence-corrected chi connectivity index (χ3v) is 4.66. The molecular formula is C20H22N2O5S. The van der Waals surface area contributed by atoms with Crippen LogP contribution in [0.4, 0.5) is 5.69 Å². The Labute approximate surface area is 164 Å². The zero-order valence-corrected chi connectivity index (χ0v) is 16.4. The second-order valence-corrected chi connectivity index (χ2v) is 7.72. The predicted molar refractivity (Wildman–Crippen MR) is 108 cm³/mol. The van der Waals surface area contributed by atoms with Crippen molar-refractivity contribution >= 4 is 33.7 Å². The highest BCUT2D eigenvalue weighted by atomic mass is 32.2. The Kier molecular flexibility index (Phi) is 7.48. The number of esters is 1. The molecule has 28 heavy (non-hydrogen) atoms. The van der Waals surface area contributed by atoms with Gasteiger partial charge in [0.25, 0.3) is 5.91 Å². The highest BCUT2D eigenvalue weighted by Crippen LogP contribution is 2.10. The molecule has 1 amide bonds. The van der Waals surface area contributed by atoms with E-state index in [1.807, 2.05) is 19.1 Å². The molecule has 0 aliphatic heterocycles. The SMILES string of the molecule is Cc1cccc(NC(=O)C(C)OC(=O)CNS(=O)(=O)/C=C/c2ccccc2)c1. The van der Waals surface area contributed by atoms with Crippen LogP contribution in [0, 0.1) is 6.92 Å². The first-order valence-electron chi connectivity index (χ1n) is 8.55. The number of benzene rings is 2. The molecule has 0 saturated heterocycles. The first-order chi connectivity index (χ1) is 13.2. The van der Waals surface area contributed by atoms with Gasteiger partial charge in [-0.25, -0.2) is 13.1 Å². The minimum absolute atomic E-state index is 0.509. The number of rotatable bonds is 8. The summed E-state index contributed by atoms with van der Waals surface area (Å²) in [5, 5.41) is 3.59. The van der Waals surface area contributed by atoms with Gasteiger partial charge in [-0.05, 0) is 43.2 Å². The second kappa shape index (κ2) is 9.82. The van der Waals surface area contributed by atoms with Crippen LogP contribution in [0.15, 0.2) is 60.0 Å². The Bertz CT molecular complexity index is 956. The van der Waals surface area contributed by atoms with E-state index in [0.717, 1.165) is 11.0 Å². The third kappa shape index (κ3) is 7.34. The molecule has 7 nitrogen and oxygen atoms in total. The monoisotopic (exact) mass is 402 g/mol. The number of sulfonamides is 1. The molecule has 2 aromatic carbocycles. The maximum absolute atomic E-state index is 12.1. The number of carbonyl (C=O) groups is 2. The smallest absolute Gasteiger partial charge is 0.321 e. The first kappa shape index (κ1) is 21.3. The number of nitrogens with one attached hydrogen (secondary N) is 2. The molecule has 1 atom stereocenters. The molecule has 0 aliphatic rings. The van der Waals surface area contributed by atoms with Crippen LogP contribution in [-0.4, -0.2) is 32.9 Å². The molecule has 2 N–H and O–H groups in total. The molecule has 0 aliphatic carbocycles. The lowest BCUT2D eigenvalue weighted by atomic mass is 10.2. The summed E-state index contributed by atoms with van der Waals surface area (Å²) in [6.07, 6.45) is 0.336. The van der Waals surface area contributed by atoms with Crippen molar-refractivity contribution < 1.29 is 22.7 Å². The fraction of sp³-hybridized carbons (Fsp3) is 0.200.